The maximum atomic E-state index is 13.0. The normalized spacial score (nSPS) is 35.3. The minimum absolute atomic E-state index is 0.337. The van der Waals surface area contributed by atoms with Gasteiger partial charge in [0.1, 0.15) is 18.0 Å². The van der Waals surface area contributed by atoms with Crippen molar-refractivity contribution in [2.45, 2.75) is 17.8 Å². The van der Waals surface area contributed by atoms with Crippen LogP contribution in [0.5, 0.6) is 0 Å². The summed E-state index contributed by atoms with van der Waals surface area (Å²) in [6.07, 6.45) is -0.909. The summed E-state index contributed by atoms with van der Waals surface area (Å²) >= 11 is 0. The molecule has 1 aliphatic heterocycles. The second-order valence-corrected chi connectivity index (χ2v) is 4.94. The van der Waals surface area contributed by atoms with Gasteiger partial charge in [0.2, 0.25) is 0 Å². The topological polar surface area (TPSA) is 43.1 Å². The molecular formula is C14H20FNO3. The number of methoxy groups -OCH3 is 2. The van der Waals surface area contributed by atoms with Gasteiger partial charge in [0.25, 0.3) is 0 Å². The fourth-order valence-corrected chi connectivity index (χ4v) is 2.74. The molecule has 0 bridgehead atoms. The summed E-state index contributed by atoms with van der Waals surface area (Å²) in [4.78, 5) is 0.977. The highest BCUT2D eigenvalue weighted by molar-refractivity contribution is 5.27. The van der Waals surface area contributed by atoms with E-state index in [9.17, 15) is 9.50 Å². The Morgan fingerprint density at radius 3 is 2.11 bits per heavy atom. The number of benzene rings is 1. The smallest absolute Gasteiger partial charge is 0.152 e. The highest BCUT2D eigenvalue weighted by Crippen LogP contribution is 2.33. The summed E-state index contributed by atoms with van der Waals surface area (Å²) in [5.74, 6) is -0.337. The Bertz CT molecular complexity index is 409. The Balaban J connectivity index is 2.42. The Morgan fingerprint density at radius 2 is 1.68 bits per heavy atom. The number of aliphatic hydroxyl groups is 1. The summed E-state index contributed by atoms with van der Waals surface area (Å²) in [5.41, 5.74) is -0.696. The summed E-state index contributed by atoms with van der Waals surface area (Å²) in [5, 5.41) is 11.1. The molecule has 4 nitrogen and oxygen atoms in total. The number of piperidine rings is 1. The highest BCUT2D eigenvalue weighted by Gasteiger charge is 2.51. The van der Waals surface area contributed by atoms with Gasteiger partial charge >= 0.3 is 0 Å². The zero-order valence-corrected chi connectivity index (χ0v) is 11.2. The zero-order chi connectivity index (χ0) is 14.0. The standard InChI is InChI=1S/C14H20FNO3/c1-16-8-12(18-2)14(17,13(9-16)19-3)10-4-6-11(15)7-5-10/h4-7,12-13,16-17H,1,8-9H2,2-3H3. The lowest BCUT2D eigenvalue weighted by molar-refractivity contribution is -0.872. The zero-order valence-electron chi connectivity index (χ0n) is 11.2. The van der Waals surface area contributed by atoms with Gasteiger partial charge in [-0.2, -0.15) is 7.05 Å². The molecule has 19 heavy (non-hydrogen) atoms. The highest BCUT2D eigenvalue weighted by atomic mass is 19.1. The summed E-state index contributed by atoms with van der Waals surface area (Å²) in [7, 11) is 7.05. The van der Waals surface area contributed by atoms with Crippen LogP contribution in [-0.2, 0) is 15.1 Å². The molecule has 0 amide bonds. The Labute approximate surface area is 112 Å². The van der Waals surface area contributed by atoms with E-state index in [1.54, 1.807) is 26.4 Å². The maximum Gasteiger partial charge on any atom is 0.152 e. The van der Waals surface area contributed by atoms with Crippen LogP contribution in [0.2, 0.25) is 0 Å². The number of nitrogens with one attached hydrogen (secondary N) is 1. The minimum Gasteiger partial charge on any atom is -0.463 e. The fraction of sp³-hybridized carbons (Fsp3) is 0.500. The number of hydrogen-bond donors (Lipinski definition) is 2. The number of quaternary nitrogens is 1. The third-order valence-electron chi connectivity index (χ3n) is 3.81. The van der Waals surface area contributed by atoms with Gasteiger partial charge in [-0.25, -0.2) is 4.39 Å². The van der Waals surface area contributed by atoms with Crippen LogP contribution in [0.1, 0.15) is 5.56 Å². The molecule has 1 heterocycles. The molecule has 1 saturated heterocycles. The van der Waals surface area contributed by atoms with Crippen LogP contribution in [0.3, 0.4) is 0 Å². The SMILES string of the molecule is [CH2-][NH+]1CC(OC)C(O)(c2ccc(F)cc2)C(OC)C1. The Morgan fingerprint density at radius 1 is 1.21 bits per heavy atom. The predicted octanol–water partition coefficient (Wildman–Crippen LogP) is -0.267. The number of halogens is 1. The molecular weight excluding hydrogens is 249 g/mol. The third-order valence-corrected chi connectivity index (χ3v) is 3.81. The van der Waals surface area contributed by atoms with Gasteiger partial charge < -0.3 is 19.5 Å². The molecule has 1 aliphatic rings. The summed E-state index contributed by atoms with van der Waals surface area (Å²) in [6.45, 7) is 1.12. The van der Waals surface area contributed by atoms with Crippen molar-refractivity contribution < 1.29 is 23.9 Å². The molecule has 1 aromatic rings. The lowest BCUT2D eigenvalue weighted by Crippen LogP contribution is -3.12. The lowest BCUT2D eigenvalue weighted by Gasteiger charge is -2.47. The number of likely N-dealkylation sites (tertiary alicyclic amines) is 1. The van der Waals surface area contributed by atoms with Crippen LogP contribution in [0.4, 0.5) is 4.39 Å². The molecule has 0 radical (unpaired) electrons. The number of ether oxygens (including phenoxy) is 2. The van der Waals surface area contributed by atoms with E-state index in [-0.39, 0.29) is 5.82 Å². The van der Waals surface area contributed by atoms with Gasteiger partial charge in [-0.05, 0) is 17.7 Å². The van der Waals surface area contributed by atoms with E-state index >= 15 is 0 Å². The number of hydrogen-bond acceptors (Lipinski definition) is 3. The van der Waals surface area contributed by atoms with E-state index in [0.29, 0.717) is 18.7 Å². The molecule has 2 rings (SSSR count). The van der Waals surface area contributed by atoms with Gasteiger partial charge in [0, 0.05) is 14.2 Å². The van der Waals surface area contributed by atoms with Crippen LogP contribution < -0.4 is 4.90 Å². The molecule has 2 N–H and O–H groups in total. The first-order chi connectivity index (χ1) is 9.02. The molecule has 0 aromatic heterocycles. The monoisotopic (exact) mass is 269 g/mol. The van der Waals surface area contributed by atoms with Gasteiger partial charge in [-0.15, -0.1) is 0 Å². The van der Waals surface area contributed by atoms with Crippen LogP contribution >= 0.6 is 0 Å². The number of rotatable bonds is 3. The van der Waals surface area contributed by atoms with E-state index in [1.165, 1.54) is 12.1 Å². The van der Waals surface area contributed by atoms with E-state index in [2.05, 4.69) is 7.05 Å². The second kappa shape index (κ2) is 5.54. The van der Waals surface area contributed by atoms with Gasteiger partial charge in [-0.3, -0.25) is 0 Å². The van der Waals surface area contributed by atoms with Crippen LogP contribution in [-0.4, -0.2) is 44.6 Å². The largest absolute Gasteiger partial charge is 0.463 e. The van der Waals surface area contributed by atoms with Crippen molar-refractivity contribution in [1.29, 1.82) is 0 Å². The predicted molar refractivity (Wildman–Crippen MR) is 67.9 cm³/mol. The van der Waals surface area contributed by atoms with Gasteiger partial charge in [0.15, 0.2) is 5.60 Å². The Hall–Kier alpha value is -1.01. The van der Waals surface area contributed by atoms with Crippen molar-refractivity contribution >= 4 is 0 Å². The van der Waals surface area contributed by atoms with Crippen molar-refractivity contribution in [3.05, 3.63) is 42.7 Å². The molecule has 0 saturated carbocycles. The van der Waals surface area contributed by atoms with E-state index in [0.717, 1.165) is 4.90 Å². The van der Waals surface area contributed by atoms with Crippen LogP contribution in [0.25, 0.3) is 0 Å². The molecule has 1 aromatic carbocycles. The average molecular weight is 269 g/mol. The van der Waals surface area contributed by atoms with Crippen LogP contribution in [0, 0.1) is 12.9 Å². The van der Waals surface area contributed by atoms with Crippen molar-refractivity contribution in [3.8, 4) is 0 Å². The minimum atomic E-state index is -1.29. The van der Waals surface area contributed by atoms with Gasteiger partial charge in [-0.1, -0.05) is 12.1 Å². The molecule has 2 unspecified atom stereocenters. The molecule has 5 heteroatoms. The van der Waals surface area contributed by atoms with Crippen LogP contribution in [0.15, 0.2) is 24.3 Å². The summed E-state index contributed by atoms with van der Waals surface area (Å²) in [6, 6.07) is 5.80. The van der Waals surface area contributed by atoms with E-state index in [1.807, 2.05) is 0 Å². The summed E-state index contributed by atoms with van der Waals surface area (Å²) < 4.78 is 23.9. The maximum absolute atomic E-state index is 13.0. The van der Waals surface area contributed by atoms with Crippen molar-refractivity contribution in [2.24, 2.45) is 0 Å². The van der Waals surface area contributed by atoms with E-state index < -0.39 is 17.8 Å². The first-order valence-electron chi connectivity index (χ1n) is 6.23. The van der Waals surface area contributed by atoms with Crippen molar-refractivity contribution in [2.75, 3.05) is 27.3 Å². The van der Waals surface area contributed by atoms with Gasteiger partial charge in [0.05, 0.1) is 13.1 Å². The molecule has 1 fully saturated rings. The molecule has 106 valence electrons. The molecule has 2 atom stereocenters. The third kappa shape index (κ3) is 2.51. The van der Waals surface area contributed by atoms with Crippen molar-refractivity contribution in [1.82, 2.24) is 0 Å². The quantitative estimate of drug-likeness (QED) is 0.743. The second-order valence-electron chi connectivity index (χ2n) is 4.94. The lowest BCUT2D eigenvalue weighted by atomic mass is 9.79. The first kappa shape index (κ1) is 14.4. The Kier molecular flexibility index (Phi) is 4.20. The molecule has 0 spiro atoms. The fourth-order valence-electron chi connectivity index (χ4n) is 2.74. The van der Waals surface area contributed by atoms with E-state index in [4.69, 9.17) is 9.47 Å². The first-order valence-corrected chi connectivity index (χ1v) is 6.23. The average Bonchev–Trinajstić information content (AvgIpc) is 2.41. The van der Waals surface area contributed by atoms with Crippen molar-refractivity contribution in [3.63, 3.8) is 0 Å². The molecule has 0 aliphatic carbocycles.